The molecule has 0 amide bonds. The highest BCUT2D eigenvalue weighted by Gasteiger charge is 2.16. The summed E-state index contributed by atoms with van der Waals surface area (Å²) in [7, 11) is 0. The lowest BCUT2D eigenvalue weighted by Gasteiger charge is -2.21. The molecule has 3 heteroatoms. The van der Waals surface area contributed by atoms with Gasteiger partial charge in [-0.1, -0.05) is 6.58 Å². The Kier molecular flexibility index (Phi) is 4.77. The van der Waals surface area contributed by atoms with Gasteiger partial charge in [0.15, 0.2) is 0 Å². The molecule has 1 aliphatic rings. The standard InChI is InChI=1S/C12H23NO2/c1-10(7-13-12(2,3)4)8-15-11-5-6-14-9-11/h11,13H,1,5-9H2,2-4H3. The van der Waals surface area contributed by atoms with Gasteiger partial charge in [0.2, 0.25) is 0 Å². The van der Waals surface area contributed by atoms with Crippen LogP contribution >= 0.6 is 0 Å². The van der Waals surface area contributed by atoms with Gasteiger partial charge in [0.1, 0.15) is 0 Å². The van der Waals surface area contributed by atoms with Gasteiger partial charge in [-0.05, 0) is 32.8 Å². The molecule has 1 saturated heterocycles. The molecule has 0 aromatic carbocycles. The van der Waals surface area contributed by atoms with Crippen molar-refractivity contribution in [1.29, 1.82) is 0 Å². The highest BCUT2D eigenvalue weighted by atomic mass is 16.5. The Bertz CT molecular complexity index is 202. The van der Waals surface area contributed by atoms with E-state index < -0.39 is 0 Å². The van der Waals surface area contributed by atoms with Gasteiger partial charge in [0.05, 0.1) is 19.3 Å². The third kappa shape index (κ3) is 5.92. The maximum atomic E-state index is 5.67. The van der Waals surface area contributed by atoms with Crippen LogP contribution in [0.15, 0.2) is 12.2 Å². The van der Waals surface area contributed by atoms with Gasteiger partial charge in [0.25, 0.3) is 0 Å². The lowest BCUT2D eigenvalue weighted by molar-refractivity contribution is 0.0557. The first-order valence-corrected chi connectivity index (χ1v) is 5.58. The predicted molar refractivity (Wildman–Crippen MR) is 62.1 cm³/mol. The molecule has 1 atom stereocenters. The SMILES string of the molecule is C=C(CNC(C)(C)C)COC1CCOC1. The molecule has 0 radical (unpaired) electrons. The molecule has 0 spiro atoms. The molecule has 1 rings (SSSR count). The summed E-state index contributed by atoms with van der Waals surface area (Å²) >= 11 is 0. The Hall–Kier alpha value is -0.380. The second-order valence-corrected chi connectivity index (χ2v) is 5.15. The van der Waals surface area contributed by atoms with E-state index in [0.29, 0.717) is 6.61 Å². The lowest BCUT2D eigenvalue weighted by atomic mass is 10.1. The zero-order valence-corrected chi connectivity index (χ0v) is 10.1. The van der Waals surface area contributed by atoms with E-state index in [1.807, 2.05) is 0 Å². The van der Waals surface area contributed by atoms with E-state index in [-0.39, 0.29) is 11.6 Å². The number of rotatable bonds is 5. The van der Waals surface area contributed by atoms with Crippen molar-refractivity contribution in [3.05, 3.63) is 12.2 Å². The topological polar surface area (TPSA) is 30.5 Å². The van der Waals surface area contributed by atoms with E-state index in [0.717, 1.165) is 31.8 Å². The van der Waals surface area contributed by atoms with E-state index in [1.165, 1.54) is 0 Å². The first kappa shape index (κ1) is 12.7. The van der Waals surface area contributed by atoms with Crippen molar-refractivity contribution < 1.29 is 9.47 Å². The smallest absolute Gasteiger partial charge is 0.0834 e. The van der Waals surface area contributed by atoms with Crippen LogP contribution < -0.4 is 5.32 Å². The van der Waals surface area contributed by atoms with Gasteiger partial charge in [0, 0.05) is 18.7 Å². The van der Waals surface area contributed by atoms with Gasteiger partial charge in [-0.15, -0.1) is 0 Å². The van der Waals surface area contributed by atoms with Crippen LogP contribution in [0, 0.1) is 0 Å². The molecule has 3 nitrogen and oxygen atoms in total. The van der Waals surface area contributed by atoms with Gasteiger partial charge in [-0.25, -0.2) is 0 Å². The van der Waals surface area contributed by atoms with Crippen LogP contribution in [0.25, 0.3) is 0 Å². The van der Waals surface area contributed by atoms with E-state index >= 15 is 0 Å². The molecular formula is C12H23NO2. The number of nitrogens with one attached hydrogen (secondary N) is 1. The van der Waals surface area contributed by atoms with Crippen LogP contribution in [0.2, 0.25) is 0 Å². The minimum absolute atomic E-state index is 0.138. The van der Waals surface area contributed by atoms with Gasteiger partial charge < -0.3 is 14.8 Å². The van der Waals surface area contributed by atoms with Gasteiger partial charge in [-0.3, -0.25) is 0 Å². The van der Waals surface area contributed by atoms with Gasteiger partial charge >= 0.3 is 0 Å². The zero-order valence-electron chi connectivity index (χ0n) is 10.1. The fraction of sp³-hybridized carbons (Fsp3) is 0.833. The number of ether oxygens (including phenoxy) is 2. The fourth-order valence-electron chi connectivity index (χ4n) is 1.32. The molecule has 0 aliphatic carbocycles. The largest absolute Gasteiger partial charge is 0.379 e. The Morgan fingerprint density at radius 1 is 1.53 bits per heavy atom. The van der Waals surface area contributed by atoms with Crippen molar-refractivity contribution >= 4 is 0 Å². The first-order valence-electron chi connectivity index (χ1n) is 5.58. The third-order valence-electron chi connectivity index (χ3n) is 2.28. The van der Waals surface area contributed by atoms with E-state index in [4.69, 9.17) is 9.47 Å². The van der Waals surface area contributed by atoms with E-state index in [1.54, 1.807) is 0 Å². The van der Waals surface area contributed by atoms with Crippen LogP contribution in [-0.2, 0) is 9.47 Å². The monoisotopic (exact) mass is 213 g/mol. The maximum absolute atomic E-state index is 5.67. The molecule has 0 aromatic heterocycles. The second kappa shape index (κ2) is 5.64. The number of hydrogen-bond donors (Lipinski definition) is 1. The Labute approximate surface area is 92.8 Å². The molecule has 1 heterocycles. The molecule has 1 fully saturated rings. The van der Waals surface area contributed by atoms with Crippen LogP contribution in [0.1, 0.15) is 27.2 Å². The van der Waals surface area contributed by atoms with Crippen molar-refractivity contribution in [2.24, 2.45) is 0 Å². The Morgan fingerprint density at radius 3 is 2.80 bits per heavy atom. The average Bonchev–Trinajstić information content (AvgIpc) is 2.62. The first-order chi connectivity index (χ1) is 6.97. The van der Waals surface area contributed by atoms with Crippen molar-refractivity contribution in [1.82, 2.24) is 5.32 Å². The summed E-state index contributed by atoms with van der Waals surface area (Å²) < 4.78 is 10.9. The molecule has 1 unspecified atom stereocenters. The predicted octanol–water partition coefficient (Wildman–Crippen LogP) is 1.74. The normalized spacial score (nSPS) is 21.9. The lowest BCUT2D eigenvalue weighted by Crippen LogP contribution is -2.37. The zero-order chi connectivity index (χ0) is 11.3. The highest BCUT2D eigenvalue weighted by Crippen LogP contribution is 2.09. The quantitative estimate of drug-likeness (QED) is 0.706. The van der Waals surface area contributed by atoms with Crippen molar-refractivity contribution in [3.63, 3.8) is 0 Å². The van der Waals surface area contributed by atoms with Crippen LogP contribution in [0.5, 0.6) is 0 Å². The van der Waals surface area contributed by atoms with Crippen molar-refractivity contribution in [2.45, 2.75) is 38.8 Å². The minimum Gasteiger partial charge on any atom is -0.379 e. The molecule has 15 heavy (non-hydrogen) atoms. The molecule has 0 saturated carbocycles. The van der Waals surface area contributed by atoms with Crippen LogP contribution in [-0.4, -0.2) is 38.0 Å². The van der Waals surface area contributed by atoms with E-state index in [2.05, 4.69) is 32.7 Å². The van der Waals surface area contributed by atoms with E-state index in [9.17, 15) is 0 Å². The number of hydrogen-bond acceptors (Lipinski definition) is 3. The summed E-state index contributed by atoms with van der Waals surface area (Å²) in [6.07, 6.45) is 1.29. The molecule has 1 N–H and O–H groups in total. The molecule has 1 aliphatic heterocycles. The Balaban J connectivity index is 2.08. The highest BCUT2D eigenvalue weighted by molar-refractivity contribution is 4.98. The maximum Gasteiger partial charge on any atom is 0.0834 e. The molecule has 88 valence electrons. The summed E-state index contributed by atoms with van der Waals surface area (Å²) in [4.78, 5) is 0. The summed E-state index contributed by atoms with van der Waals surface area (Å²) in [6.45, 7) is 13.4. The molecule has 0 aromatic rings. The Morgan fingerprint density at radius 2 is 2.27 bits per heavy atom. The van der Waals surface area contributed by atoms with Crippen molar-refractivity contribution in [3.8, 4) is 0 Å². The minimum atomic E-state index is 0.138. The summed E-state index contributed by atoms with van der Waals surface area (Å²) in [5.41, 5.74) is 1.23. The molecular weight excluding hydrogens is 190 g/mol. The third-order valence-corrected chi connectivity index (χ3v) is 2.28. The summed E-state index contributed by atoms with van der Waals surface area (Å²) in [5, 5.41) is 3.39. The molecule has 0 bridgehead atoms. The van der Waals surface area contributed by atoms with Crippen molar-refractivity contribution in [2.75, 3.05) is 26.4 Å². The van der Waals surface area contributed by atoms with Gasteiger partial charge in [-0.2, -0.15) is 0 Å². The second-order valence-electron chi connectivity index (χ2n) is 5.15. The fourth-order valence-corrected chi connectivity index (χ4v) is 1.32. The average molecular weight is 213 g/mol. The summed E-state index contributed by atoms with van der Waals surface area (Å²) in [5.74, 6) is 0. The summed E-state index contributed by atoms with van der Waals surface area (Å²) in [6, 6.07) is 0. The van der Waals surface area contributed by atoms with Crippen LogP contribution in [0.3, 0.4) is 0 Å². The van der Waals surface area contributed by atoms with Crippen LogP contribution in [0.4, 0.5) is 0 Å².